The lowest BCUT2D eigenvalue weighted by molar-refractivity contribution is 0.0743. The lowest BCUT2D eigenvalue weighted by Crippen LogP contribution is -2.49. The maximum absolute atomic E-state index is 13.3. The second kappa shape index (κ2) is 12.7. The Bertz CT molecular complexity index is 1330. The fraction of sp³-hybridized carbons (Fsp3) is 0.370. The van der Waals surface area contributed by atoms with Gasteiger partial charge >= 0.3 is 0 Å². The molecule has 0 spiro atoms. The molecule has 3 heterocycles. The Kier molecular flexibility index (Phi) is 9.07. The number of anilines is 1. The summed E-state index contributed by atoms with van der Waals surface area (Å²) in [4.78, 5) is 34.5. The van der Waals surface area contributed by atoms with E-state index >= 15 is 0 Å². The third-order valence-electron chi connectivity index (χ3n) is 6.54. The first kappa shape index (κ1) is 28.0. The van der Waals surface area contributed by atoms with Crippen LogP contribution in [0.25, 0.3) is 0 Å². The van der Waals surface area contributed by atoms with E-state index in [4.69, 9.17) is 10.2 Å². The van der Waals surface area contributed by atoms with Crippen molar-refractivity contribution in [3.8, 4) is 5.75 Å². The molecule has 0 saturated carbocycles. The molecular weight excluding hydrogens is 516 g/mol. The number of thiol groups is 1. The van der Waals surface area contributed by atoms with Crippen LogP contribution in [-0.4, -0.2) is 63.7 Å². The Morgan fingerprint density at radius 2 is 1.92 bits per heavy atom. The molecule has 4 N–H and O–H groups in total. The minimum atomic E-state index is -0.303. The van der Waals surface area contributed by atoms with E-state index in [1.165, 1.54) is 0 Å². The van der Waals surface area contributed by atoms with Crippen molar-refractivity contribution in [3.05, 3.63) is 65.9 Å². The standard InChI is InChI=1S/C27H34N8O3S/c1-4-20(22-15-18(16-38-22)17(2)3)32-25(33-39)24(28)31-21-8-5-7-19(23(21)36)26(37)34-11-13-35(14-12-34)27-29-9-6-10-30-27/h5-10,15-17,20,36,39H,4,11-14H2,1-3H3,(H2,28,31)(H,32,33)/t20-/m1/s1. The van der Waals surface area contributed by atoms with Crippen molar-refractivity contribution >= 4 is 42.0 Å². The number of amides is 1. The molecule has 1 fully saturated rings. The summed E-state index contributed by atoms with van der Waals surface area (Å²) in [5.74, 6) is 1.37. The molecule has 39 heavy (non-hydrogen) atoms. The molecule has 0 unspecified atom stereocenters. The van der Waals surface area contributed by atoms with Crippen LogP contribution in [0.1, 0.15) is 60.8 Å². The van der Waals surface area contributed by atoms with Crippen molar-refractivity contribution in [2.24, 2.45) is 15.7 Å². The van der Waals surface area contributed by atoms with E-state index in [0.29, 0.717) is 50.2 Å². The van der Waals surface area contributed by atoms with Crippen molar-refractivity contribution in [2.45, 2.75) is 39.2 Å². The summed E-state index contributed by atoms with van der Waals surface area (Å²) in [7, 11) is 0. The van der Waals surface area contributed by atoms with Gasteiger partial charge in [0.1, 0.15) is 17.5 Å². The normalized spacial score (nSPS) is 15.5. The number of nitrogens with one attached hydrogen (secondary N) is 1. The number of benzene rings is 1. The summed E-state index contributed by atoms with van der Waals surface area (Å²) >= 11 is 4.16. The minimum Gasteiger partial charge on any atom is -0.505 e. The zero-order valence-electron chi connectivity index (χ0n) is 22.3. The SMILES string of the molecule is CC[C@@H](N=C(NS)C(N)=Nc1cccc(C(=O)N2CCN(c3ncccn3)CC2)c1O)c1cc(C(C)C)co1. The number of carbonyl (C=O) groups is 1. The fourth-order valence-electron chi connectivity index (χ4n) is 4.22. The van der Waals surface area contributed by atoms with Crippen molar-refractivity contribution in [3.63, 3.8) is 0 Å². The highest BCUT2D eigenvalue weighted by molar-refractivity contribution is 7.78. The molecule has 206 valence electrons. The average molecular weight is 551 g/mol. The van der Waals surface area contributed by atoms with E-state index in [0.717, 1.165) is 5.56 Å². The number of para-hydroxylation sites is 1. The largest absolute Gasteiger partial charge is 0.505 e. The molecule has 1 aliphatic rings. The summed E-state index contributed by atoms with van der Waals surface area (Å²) in [5, 5.41) is 10.9. The third kappa shape index (κ3) is 6.51. The van der Waals surface area contributed by atoms with Gasteiger partial charge in [0.25, 0.3) is 5.91 Å². The van der Waals surface area contributed by atoms with Crippen LogP contribution in [0, 0.1) is 0 Å². The molecule has 0 radical (unpaired) electrons. The molecule has 2 aromatic heterocycles. The van der Waals surface area contributed by atoms with E-state index < -0.39 is 0 Å². The van der Waals surface area contributed by atoms with Crippen molar-refractivity contribution in [1.82, 2.24) is 19.6 Å². The van der Waals surface area contributed by atoms with Crippen LogP contribution in [0.4, 0.5) is 11.6 Å². The Morgan fingerprint density at radius 1 is 1.21 bits per heavy atom. The van der Waals surface area contributed by atoms with Gasteiger partial charge in [0.15, 0.2) is 17.4 Å². The van der Waals surface area contributed by atoms with Gasteiger partial charge in [-0.3, -0.25) is 9.79 Å². The van der Waals surface area contributed by atoms with E-state index in [2.05, 4.69) is 51.3 Å². The summed E-state index contributed by atoms with van der Waals surface area (Å²) in [6, 6.07) is 8.25. The van der Waals surface area contributed by atoms with Gasteiger partial charge in [0, 0.05) is 38.6 Å². The van der Waals surface area contributed by atoms with Crippen LogP contribution in [0.3, 0.4) is 0 Å². The second-order valence-electron chi connectivity index (χ2n) is 9.45. The molecule has 0 aliphatic carbocycles. The number of aromatic hydroxyl groups is 1. The molecule has 3 aromatic rings. The first-order valence-electron chi connectivity index (χ1n) is 12.9. The first-order chi connectivity index (χ1) is 18.8. The topological polar surface area (TPSA) is 145 Å². The van der Waals surface area contributed by atoms with Crippen molar-refractivity contribution < 1.29 is 14.3 Å². The molecule has 0 bridgehead atoms. The Morgan fingerprint density at radius 3 is 2.54 bits per heavy atom. The van der Waals surface area contributed by atoms with Crippen molar-refractivity contribution in [1.29, 1.82) is 0 Å². The summed E-state index contributed by atoms with van der Waals surface area (Å²) < 4.78 is 8.43. The molecule has 1 aliphatic heterocycles. The number of hydrogen-bond acceptors (Lipinski definition) is 9. The number of carbonyl (C=O) groups excluding carboxylic acids is 1. The summed E-state index contributed by atoms with van der Waals surface area (Å²) in [6.07, 6.45) is 5.78. The summed E-state index contributed by atoms with van der Waals surface area (Å²) in [6.45, 7) is 8.28. The van der Waals surface area contributed by atoms with Gasteiger partial charge in [-0.15, -0.1) is 0 Å². The summed E-state index contributed by atoms with van der Waals surface area (Å²) in [5.41, 5.74) is 7.64. The molecule has 1 atom stereocenters. The maximum atomic E-state index is 13.3. The monoisotopic (exact) mass is 550 g/mol. The number of phenols is 1. The number of hydrogen-bond donors (Lipinski definition) is 4. The zero-order valence-corrected chi connectivity index (χ0v) is 23.2. The Hall–Kier alpha value is -4.06. The van der Waals surface area contributed by atoms with Crippen LogP contribution >= 0.6 is 12.8 Å². The smallest absolute Gasteiger partial charge is 0.257 e. The number of amidine groups is 2. The number of aromatic nitrogens is 2. The molecule has 1 saturated heterocycles. The average Bonchev–Trinajstić information content (AvgIpc) is 3.46. The van der Waals surface area contributed by atoms with Gasteiger partial charge in [-0.1, -0.05) is 39.7 Å². The van der Waals surface area contributed by atoms with Crippen LogP contribution < -0.4 is 15.4 Å². The predicted molar refractivity (Wildman–Crippen MR) is 155 cm³/mol. The number of furan rings is 1. The van der Waals surface area contributed by atoms with E-state index in [1.807, 2.05) is 17.9 Å². The van der Waals surface area contributed by atoms with Crippen molar-refractivity contribution in [2.75, 3.05) is 31.1 Å². The van der Waals surface area contributed by atoms with E-state index in [1.54, 1.807) is 47.8 Å². The van der Waals surface area contributed by atoms with E-state index in [9.17, 15) is 9.90 Å². The number of nitrogens with two attached hydrogens (primary N) is 1. The highest BCUT2D eigenvalue weighted by Gasteiger charge is 2.26. The fourth-order valence-corrected chi connectivity index (χ4v) is 4.39. The molecule has 1 aromatic carbocycles. The quantitative estimate of drug-likeness (QED) is 0.197. The van der Waals surface area contributed by atoms with Gasteiger partial charge in [-0.2, -0.15) is 0 Å². The van der Waals surface area contributed by atoms with Gasteiger partial charge in [0.2, 0.25) is 5.95 Å². The molecule has 1 amide bonds. The van der Waals surface area contributed by atoms with Crippen LogP contribution in [-0.2, 0) is 0 Å². The Labute approximate surface area is 233 Å². The van der Waals surface area contributed by atoms with Gasteiger partial charge < -0.3 is 29.8 Å². The van der Waals surface area contributed by atoms with Crippen LogP contribution in [0.5, 0.6) is 5.75 Å². The number of rotatable bonds is 7. The van der Waals surface area contributed by atoms with Gasteiger partial charge in [0.05, 0.1) is 11.8 Å². The second-order valence-corrected chi connectivity index (χ2v) is 9.67. The Balaban J connectivity index is 1.50. The highest BCUT2D eigenvalue weighted by Crippen LogP contribution is 2.32. The first-order valence-corrected chi connectivity index (χ1v) is 13.3. The zero-order chi connectivity index (χ0) is 27.9. The maximum Gasteiger partial charge on any atom is 0.257 e. The van der Waals surface area contributed by atoms with Gasteiger partial charge in [-0.05, 0) is 42.2 Å². The molecule has 11 nitrogen and oxygen atoms in total. The van der Waals surface area contributed by atoms with Gasteiger partial charge in [-0.25, -0.2) is 15.0 Å². The highest BCUT2D eigenvalue weighted by atomic mass is 32.1. The molecular formula is C27H34N8O3S. The lowest BCUT2D eigenvalue weighted by atomic mass is 10.1. The van der Waals surface area contributed by atoms with Crippen LogP contribution in [0.15, 0.2) is 63.4 Å². The number of nitrogens with zero attached hydrogens (tertiary/aromatic N) is 6. The lowest BCUT2D eigenvalue weighted by Gasteiger charge is -2.34. The number of piperazine rings is 1. The molecule has 4 rings (SSSR count). The predicted octanol–water partition coefficient (Wildman–Crippen LogP) is 3.83. The third-order valence-corrected chi connectivity index (χ3v) is 6.75. The molecule has 12 heteroatoms. The van der Waals surface area contributed by atoms with Crippen LogP contribution in [0.2, 0.25) is 0 Å². The number of aliphatic imine (C=N–C) groups is 2. The van der Waals surface area contributed by atoms with E-state index in [-0.39, 0.29) is 40.6 Å². The minimum absolute atomic E-state index is 0.00969. The number of phenolic OH excluding ortho intramolecular Hbond substituents is 1.